The van der Waals surface area contributed by atoms with Crippen LogP contribution in [-0.4, -0.2) is 70.9 Å². The molecule has 29 heavy (non-hydrogen) atoms. The summed E-state index contributed by atoms with van der Waals surface area (Å²) < 4.78 is 5.32. The van der Waals surface area contributed by atoms with E-state index >= 15 is 0 Å². The topological polar surface area (TPSA) is 122 Å². The van der Waals surface area contributed by atoms with E-state index in [2.05, 4.69) is 5.32 Å². The normalized spacial score (nSPS) is 27.5. The summed E-state index contributed by atoms with van der Waals surface area (Å²) in [7, 11) is 0. The Bertz CT molecular complexity index is 683. The van der Waals surface area contributed by atoms with Gasteiger partial charge in [0.15, 0.2) is 0 Å². The Kier molecular flexibility index (Phi) is 6.05. The zero-order valence-corrected chi connectivity index (χ0v) is 17.5. The van der Waals surface area contributed by atoms with E-state index in [-0.39, 0.29) is 23.7 Å². The molecule has 3 aliphatic rings. The average Bonchev–Trinajstić information content (AvgIpc) is 3.03. The highest BCUT2D eigenvalue weighted by molar-refractivity contribution is 5.93. The minimum atomic E-state index is -0.902. The van der Waals surface area contributed by atoms with Gasteiger partial charge in [0.25, 0.3) is 0 Å². The van der Waals surface area contributed by atoms with Crippen molar-refractivity contribution in [2.24, 2.45) is 17.6 Å². The first-order valence-electron chi connectivity index (χ1n) is 10.5. The molecule has 3 rings (SSSR count). The van der Waals surface area contributed by atoms with Crippen LogP contribution in [0, 0.1) is 11.8 Å². The van der Waals surface area contributed by atoms with Crippen molar-refractivity contribution in [2.45, 2.75) is 70.6 Å². The largest absolute Gasteiger partial charge is 0.444 e. The van der Waals surface area contributed by atoms with Crippen molar-refractivity contribution in [3.05, 3.63) is 0 Å². The quantitative estimate of drug-likeness (QED) is 0.690. The molecule has 9 nitrogen and oxygen atoms in total. The monoisotopic (exact) mass is 408 g/mol. The number of nitrogens with zero attached hydrogens (tertiary/aromatic N) is 2. The summed E-state index contributed by atoms with van der Waals surface area (Å²) in [5, 5.41) is 2.67. The number of nitrogens with one attached hydrogen (secondary N) is 1. The number of hydrogen-bond acceptors (Lipinski definition) is 5. The number of carbonyl (C=O) groups is 4. The minimum Gasteiger partial charge on any atom is -0.444 e. The predicted octanol–water partition coefficient (Wildman–Crippen LogP) is 0.615. The molecule has 0 aromatic rings. The van der Waals surface area contributed by atoms with Crippen molar-refractivity contribution in [1.29, 1.82) is 0 Å². The van der Waals surface area contributed by atoms with Crippen molar-refractivity contribution in [3.8, 4) is 0 Å². The number of nitrogens with two attached hydrogens (primary N) is 1. The summed E-state index contributed by atoms with van der Waals surface area (Å²) in [4.78, 5) is 53.4. The molecule has 2 saturated heterocycles. The number of hydrogen-bond donors (Lipinski definition) is 2. The molecule has 3 fully saturated rings. The molecule has 2 aliphatic heterocycles. The highest BCUT2D eigenvalue weighted by Crippen LogP contribution is 2.44. The van der Waals surface area contributed by atoms with Crippen molar-refractivity contribution in [2.75, 3.05) is 19.6 Å². The van der Waals surface area contributed by atoms with Crippen LogP contribution in [0.2, 0.25) is 0 Å². The highest BCUT2D eigenvalue weighted by Gasteiger charge is 2.54. The fourth-order valence-corrected chi connectivity index (χ4v) is 4.33. The lowest BCUT2D eigenvalue weighted by atomic mass is 10.1. The van der Waals surface area contributed by atoms with Gasteiger partial charge in [-0.3, -0.25) is 14.4 Å². The summed E-state index contributed by atoms with van der Waals surface area (Å²) >= 11 is 0. The zero-order valence-electron chi connectivity index (χ0n) is 17.5. The van der Waals surface area contributed by atoms with Crippen molar-refractivity contribution in [1.82, 2.24) is 15.1 Å². The number of carbonyl (C=O) groups excluding carboxylic acids is 4. The number of rotatable bonds is 5. The van der Waals surface area contributed by atoms with Gasteiger partial charge in [0.05, 0.1) is 0 Å². The van der Waals surface area contributed by atoms with Crippen LogP contribution in [0.4, 0.5) is 4.79 Å². The summed E-state index contributed by atoms with van der Waals surface area (Å²) in [5.41, 5.74) is 4.74. The van der Waals surface area contributed by atoms with Crippen molar-refractivity contribution >= 4 is 23.8 Å². The molecule has 0 aromatic heterocycles. The molecule has 0 aromatic carbocycles. The van der Waals surface area contributed by atoms with Gasteiger partial charge in [-0.2, -0.15) is 0 Å². The van der Waals surface area contributed by atoms with Crippen LogP contribution in [-0.2, 0) is 19.1 Å². The molecular weight excluding hydrogens is 376 g/mol. The second-order valence-corrected chi connectivity index (χ2v) is 9.25. The number of ether oxygens (including phenoxy) is 1. The molecule has 0 spiro atoms. The van der Waals surface area contributed by atoms with E-state index in [0.717, 1.165) is 25.9 Å². The molecular formula is C20H32N4O5. The Labute approximate surface area is 171 Å². The zero-order chi connectivity index (χ0) is 21.3. The molecule has 9 heteroatoms. The maximum Gasteiger partial charge on any atom is 0.408 e. The fourth-order valence-electron chi connectivity index (χ4n) is 4.33. The van der Waals surface area contributed by atoms with Crippen LogP contribution in [0.3, 0.4) is 0 Å². The van der Waals surface area contributed by atoms with Crippen LogP contribution < -0.4 is 11.1 Å². The third-order valence-electron chi connectivity index (χ3n) is 5.81. The van der Waals surface area contributed by atoms with Crippen LogP contribution >= 0.6 is 0 Å². The maximum absolute atomic E-state index is 13.3. The molecule has 1 saturated carbocycles. The van der Waals surface area contributed by atoms with Gasteiger partial charge in [-0.15, -0.1) is 0 Å². The van der Waals surface area contributed by atoms with E-state index < -0.39 is 29.7 Å². The summed E-state index contributed by atoms with van der Waals surface area (Å²) in [6.07, 6.45) is 3.02. The Morgan fingerprint density at radius 1 is 1.07 bits per heavy atom. The summed E-state index contributed by atoms with van der Waals surface area (Å²) in [6, 6.07) is -1.57. The first kappa shape index (κ1) is 21.4. The van der Waals surface area contributed by atoms with Gasteiger partial charge in [0, 0.05) is 31.5 Å². The lowest BCUT2D eigenvalue weighted by Crippen LogP contribution is -2.54. The molecule has 4 amide bonds. The molecule has 3 N–H and O–H groups in total. The Morgan fingerprint density at radius 3 is 2.31 bits per heavy atom. The molecule has 162 valence electrons. The number of primary amides is 1. The maximum atomic E-state index is 13.3. The van der Waals surface area contributed by atoms with Gasteiger partial charge in [0.2, 0.25) is 17.7 Å². The molecule has 2 heterocycles. The lowest BCUT2D eigenvalue weighted by Gasteiger charge is -2.29. The van der Waals surface area contributed by atoms with Crippen LogP contribution in [0.5, 0.6) is 0 Å². The standard InChI is InChI=1S/C20H32N4O5/c1-20(2,3)29-19(28)22-15(18(27)24-10-6-7-14(24)16(21)25)12-11-13(12)17(26)23-8-4-5-9-23/h12-15H,4-11H2,1-3H3,(H2,21,25)(H,22,28)/t12-,13-,14-,15-/m0/s1. The van der Waals surface area contributed by atoms with Crippen LogP contribution in [0.1, 0.15) is 52.9 Å². The number of alkyl carbamates (subject to hydrolysis) is 1. The molecule has 4 atom stereocenters. The molecule has 0 bridgehead atoms. The lowest BCUT2D eigenvalue weighted by molar-refractivity contribution is -0.139. The molecule has 1 aliphatic carbocycles. The van der Waals surface area contributed by atoms with E-state index in [9.17, 15) is 19.2 Å². The van der Waals surface area contributed by atoms with Crippen LogP contribution in [0.15, 0.2) is 0 Å². The van der Waals surface area contributed by atoms with Gasteiger partial charge in [-0.25, -0.2) is 4.79 Å². The third kappa shape index (κ3) is 5.00. The molecule has 0 radical (unpaired) electrons. The SMILES string of the molecule is CC(C)(C)OC(=O)N[C@H](C(=O)N1CCC[C@H]1C(N)=O)[C@H]1C[C@@H]1C(=O)N1CCCC1. The first-order valence-corrected chi connectivity index (χ1v) is 10.5. The smallest absolute Gasteiger partial charge is 0.408 e. The number of amides is 4. The van der Waals surface area contributed by atoms with E-state index in [4.69, 9.17) is 10.5 Å². The Hall–Kier alpha value is -2.32. The first-order chi connectivity index (χ1) is 13.6. The minimum absolute atomic E-state index is 0.0455. The molecule has 0 unspecified atom stereocenters. The Morgan fingerprint density at radius 2 is 1.72 bits per heavy atom. The van der Waals surface area contributed by atoms with E-state index in [1.54, 1.807) is 20.8 Å². The van der Waals surface area contributed by atoms with Crippen molar-refractivity contribution < 1.29 is 23.9 Å². The van der Waals surface area contributed by atoms with E-state index in [1.165, 1.54) is 4.90 Å². The summed E-state index contributed by atoms with van der Waals surface area (Å²) in [5.74, 6) is -1.45. The second-order valence-electron chi connectivity index (χ2n) is 9.25. The average molecular weight is 408 g/mol. The van der Waals surface area contributed by atoms with Gasteiger partial charge in [-0.05, 0) is 52.9 Å². The van der Waals surface area contributed by atoms with Gasteiger partial charge >= 0.3 is 6.09 Å². The predicted molar refractivity (Wildman–Crippen MR) is 104 cm³/mol. The van der Waals surface area contributed by atoms with Gasteiger partial charge in [-0.1, -0.05) is 0 Å². The van der Waals surface area contributed by atoms with Crippen molar-refractivity contribution in [3.63, 3.8) is 0 Å². The third-order valence-corrected chi connectivity index (χ3v) is 5.81. The second kappa shape index (κ2) is 8.20. The summed E-state index contributed by atoms with van der Waals surface area (Å²) in [6.45, 7) is 7.12. The highest BCUT2D eigenvalue weighted by atomic mass is 16.6. The van der Waals surface area contributed by atoms with E-state index in [0.29, 0.717) is 25.8 Å². The van der Waals surface area contributed by atoms with E-state index in [1.807, 2.05) is 4.90 Å². The van der Waals surface area contributed by atoms with Crippen LogP contribution in [0.25, 0.3) is 0 Å². The number of likely N-dealkylation sites (tertiary alicyclic amines) is 2. The fraction of sp³-hybridized carbons (Fsp3) is 0.800. The Balaban J connectivity index is 1.73. The van der Waals surface area contributed by atoms with Gasteiger partial charge < -0.3 is 25.6 Å². The van der Waals surface area contributed by atoms with Gasteiger partial charge in [0.1, 0.15) is 17.7 Å².